The molecule has 8 heteroatoms. The summed E-state index contributed by atoms with van der Waals surface area (Å²) in [5.74, 6) is -0.476. The van der Waals surface area contributed by atoms with Crippen molar-refractivity contribution in [1.82, 2.24) is 0 Å². The fourth-order valence-corrected chi connectivity index (χ4v) is 4.11. The van der Waals surface area contributed by atoms with Crippen LogP contribution in [0.25, 0.3) is 0 Å². The largest absolute Gasteiger partial charge is 0.324 e. The average molecular weight is 415 g/mol. The standard InChI is InChI=1S/C18H20Cl2N2O3S/c1-4-13-5-8-15(9-6-13)21-18(23)12(2)22(26(3,24)25)17-11-14(19)7-10-16(17)20/h5-12H,4H2,1-3H3,(H,21,23)/t12-/m0/s1. The Kier molecular flexibility index (Phi) is 6.55. The number of aryl methyl sites for hydroxylation is 1. The van der Waals surface area contributed by atoms with Crippen molar-refractivity contribution < 1.29 is 13.2 Å². The van der Waals surface area contributed by atoms with Gasteiger partial charge in [-0.2, -0.15) is 0 Å². The normalized spacial score (nSPS) is 12.5. The van der Waals surface area contributed by atoms with E-state index in [9.17, 15) is 13.2 Å². The SMILES string of the molecule is CCc1ccc(NC(=O)[C@H](C)N(c2cc(Cl)ccc2Cl)S(C)(=O)=O)cc1. The molecule has 0 fully saturated rings. The van der Waals surface area contributed by atoms with Crippen molar-refractivity contribution in [2.75, 3.05) is 15.9 Å². The van der Waals surface area contributed by atoms with Crippen molar-refractivity contribution in [2.45, 2.75) is 26.3 Å². The van der Waals surface area contributed by atoms with Crippen LogP contribution in [0, 0.1) is 0 Å². The van der Waals surface area contributed by atoms with Crippen LogP contribution < -0.4 is 9.62 Å². The van der Waals surface area contributed by atoms with E-state index in [0.717, 1.165) is 22.5 Å². The van der Waals surface area contributed by atoms with Crippen LogP contribution in [0.2, 0.25) is 10.0 Å². The summed E-state index contributed by atoms with van der Waals surface area (Å²) in [5, 5.41) is 3.24. The molecule has 0 aliphatic heterocycles. The van der Waals surface area contributed by atoms with E-state index in [1.54, 1.807) is 18.2 Å². The lowest BCUT2D eigenvalue weighted by molar-refractivity contribution is -0.116. The van der Waals surface area contributed by atoms with E-state index in [-0.39, 0.29) is 10.7 Å². The highest BCUT2D eigenvalue weighted by molar-refractivity contribution is 7.92. The molecular weight excluding hydrogens is 395 g/mol. The van der Waals surface area contributed by atoms with Gasteiger partial charge in [0.1, 0.15) is 6.04 Å². The zero-order valence-corrected chi connectivity index (χ0v) is 17.0. The summed E-state index contributed by atoms with van der Waals surface area (Å²) in [4.78, 5) is 12.6. The molecule has 0 heterocycles. The maximum absolute atomic E-state index is 12.6. The molecule has 0 saturated heterocycles. The molecule has 0 aromatic heterocycles. The van der Waals surface area contributed by atoms with Gasteiger partial charge < -0.3 is 5.32 Å². The Morgan fingerprint density at radius 3 is 2.31 bits per heavy atom. The summed E-state index contributed by atoms with van der Waals surface area (Å²) < 4.78 is 25.6. The number of amides is 1. The number of anilines is 2. The quantitative estimate of drug-likeness (QED) is 0.763. The Morgan fingerprint density at radius 1 is 1.15 bits per heavy atom. The van der Waals surface area contributed by atoms with Gasteiger partial charge in [0.25, 0.3) is 0 Å². The minimum Gasteiger partial charge on any atom is -0.324 e. The van der Waals surface area contributed by atoms with Gasteiger partial charge in [0.15, 0.2) is 0 Å². The van der Waals surface area contributed by atoms with Gasteiger partial charge in [0.2, 0.25) is 15.9 Å². The summed E-state index contributed by atoms with van der Waals surface area (Å²) in [6.45, 7) is 3.53. The number of sulfonamides is 1. The van der Waals surface area contributed by atoms with Gasteiger partial charge in [-0.1, -0.05) is 42.3 Å². The first-order valence-electron chi connectivity index (χ1n) is 7.97. The number of carbonyl (C=O) groups excluding carboxylic acids is 1. The van der Waals surface area contributed by atoms with E-state index < -0.39 is 22.0 Å². The van der Waals surface area contributed by atoms with E-state index in [2.05, 4.69) is 5.32 Å². The number of rotatable bonds is 6. The monoisotopic (exact) mass is 414 g/mol. The number of carbonyl (C=O) groups is 1. The van der Waals surface area contributed by atoms with Crippen molar-refractivity contribution in [3.05, 3.63) is 58.1 Å². The number of hydrogen-bond donors (Lipinski definition) is 1. The number of halogens is 2. The average Bonchev–Trinajstić information content (AvgIpc) is 2.57. The topological polar surface area (TPSA) is 66.5 Å². The molecule has 140 valence electrons. The van der Waals surface area contributed by atoms with Crippen LogP contribution in [0.4, 0.5) is 11.4 Å². The summed E-state index contributed by atoms with van der Waals surface area (Å²) in [7, 11) is -3.78. The van der Waals surface area contributed by atoms with Crippen molar-refractivity contribution in [3.63, 3.8) is 0 Å². The van der Waals surface area contributed by atoms with Crippen molar-refractivity contribution >= 4 is 50.5 Å². The lowest BCUT2D eigenvalue weighted by Gasteiger charge is -2.29. The summed E-state index contributed by atoms with van der Waals surface area (Å²) in [6, 6.07) is 10.8. The Hall–Kier alpha value is -1.76. The van der Waals surface area contributed by atoms with Gasteiger partial charge in [-0.25, -0.2) is 8.42 Å². The molecule has 0 unspecified atom stereocenters. The highest BCUT2D eigenvalue weighted by Gasteiger charge is 2.30. The summed E-state index contributed by atoms with van der Waals surface area (Å²) in [5.41, 5.74) is 1.88. The summed E-state index contributed by atoms with van der Waals surface area (Å²) >= 11 is 12.1. The second kappa shape index (κ2) is 8.29. The van der Waals surface area contributed by atoms with Gasteiger partial charge in [0.05, 0.1) is 17.0 Å². The lowest BCUT2D eigenvalue weighted by atomic mass is 10.1. The maximum atomic E-state index is 12.6. The van der Waals surface area contributed by atoms with Crippen LogP contribution in [-0.2, 0) is 21.2 Å². The lowest BCUT2D eigenvalue weighted by Crippen LogP contribution is -2.45. The highest BCUT2D eigenvalue weighted by atomic mass is 35.5. The molecule has 0 radical (unpaired) electrons. The molecule has 2 rings (SSSR count). The molecule has 0 bridgehead atoms. The first kappa shape index (κ1) is 20.6. The summed E-state index contributed by atoms with van der Waals surface area (Å²) in [6.07, 6.45) is 1.91. The minimum absolute atomic E-state index is 0.158. The van der Waals surface area contributed by atoms with Crippen LogP contribution in [0.5, 0.6) is 0 Å². The second-order valence-electron chi connectivity index (χ2n) is 5.87. The fraction of sp³-hybridized carbons (Fsp3) is 0.278. The van der Waals surface area contributed by atoms with E-state index >= 15 is 0 Å². The molecule has 0 spiro atoms. The number of hydrogen-bond acceptors (Lipinski definition) is 3. The number of nitrogens with zero attached hydrogens (tertiary/aromatic N) is 1. The molecule has 1 amide bonds. The third kappa shape index (κ3) is 4.90. The van der Waals surface area contributed by atoms with Gasteiger partial charge in [0, 0.05) is 10.7 Å². The smallest absolute Gasteiger partial charge is 0.247 e. The van der Waals surface area contributed by atoms with Crippen LogP contribution in [0.1, 0.15) is 19.4 Å². The second-order valence-corrected chi connectivity index (χ2v) is 8.57. The van der Waals surface area contributed by atoms with Crippen LogP contribution in [0.3, 0.4) is 0 Å². The molecule has 0 saturated carbocycles. The van der Waals surface area contributed by atoms with E-state index in [1.807, 2.05) is 19.1 Å². The first-order valence-corrected chi connectivity index (χ1v) is 10.6. The van der Waals surface area contributed by atoms with Crippen molar-refractivity contribution in [2.24, 2.45) is 0 Å². The third-order valence-electron chi connectivity index (χ3n) is 3.86. The van der Waals surface area contributed by atoms with E-state index in [1.165, 1.54) is 19.1 Å². The number of nitrogens with one attached hydrogen (secondary N) is 1. The van der Waals surface area contributed by atoms with Gasteiger partial charge in [-0.05, 0) is 49.2 Å². The maximum Gasteiger partial charge on any atom is 0.247 e. The van der Waals surface area contributed by atoms with Gasteiger partial charge >= 0.3 is 0 Å². The minimum atomic E-state index is -3.78. The van der Waals surface area contributed by atoms with Crippen LogP contribution in [-0.4, -0.2) is 26.6 Å². The zero-order chi connectivity index (χ0) is 19.5. The number of benzene rings is 2. The third-order valence-corrected chi connectivity index (χ3v) is 5.65. The molecule has 5 nitrogen and oxygen atoms in total. The molecule has 1 atom stereocenters. The van der Waals surface area contributed by atoms with Gasteiger partial charge in [-0.15, -0.1) is 0 Å². The molecule has 0 aliphatic carbocycles. The molecule has 0 aliphatic rings. The van der Waals surface area contributed by atoms with Crippen LogP contribution in [0.15, 0.2) is 42.5 Å². The Labute approximate surface area is 164 Å². The Morgan fingerprint density at radius 2 is 1.77 bits per heavy atom. The van der Waals surface area contributed by atoms with E-state index in [4.69, 9.17) is 23.2 Å². The molecule has 2 aromatic carbocycles. The van der Waals surface area contributed by atoms with Crippen molar-refractivity contribution in [1.29, 1.82) is 0 Å². The molecule has 26 heavy (non-hydrogen) atoms. The van der Waals surface area contributed by atoms with Gasteiger partial charge in [-0.3, -0.25) is 9.10 Å². The highest BCUT2D eigenvalue weighted by Crippen LogP contribution is 2.32. The predicted molar refractivity (Wildman–Crippen MR) is 108 cm³/mol. The van der Waals surface area contributed by atoms with Crippen molar-refractivity contribution in [3.8, 4) is 0 Å². The Bertz CT molecular complexity index is 899. The Balaban J connectivity index is 2.32. The molecule has 1 N–H and O–H groups in total. The predicted octanol–water partition coefficient (Wildman–Crippen LogP) is 4.35. The molecule has 2 aromatic rings. The zero-order valence-electron chi connectivity index (χ0n) is 14.7. The van der Waals surface area contributed by atoms with Crippen LogP contribution >= 0.6 is 23.2 Å². The molecular formula is C18H20Cl2N2O3S. The first-order chi connectivity index (χ1) is 12.1. The van der Waals surface area contributed by atoms with E-state index in [0.29, 0.717) is 10.7 Å². The fourth-order valence-electron chi connectivity index (χ4n) is 2.51.